The molecule has 6 atom stereocenters. The second kappa shape index (κ2) is 33.4. The van der Waals surface area contributed by atoms with Crippen molar-refractivity contribution in [1.82, 2.24) is 0 Å². The summed E-state index contributed by atoms with van der Waals surface area (Å²) in [4.78, 5) is 25.2. The van der Waals surface area contributed by atoms with Gasteiger partial charge in [0.1, 0.15) is 31.0 Å². The minimum Gasteiger partial charge on any atom is -0.462 e. The van der Waals surface area contributed by atoms with Gasteiger partial charge in [0.2, 0.25) is 0 Å². The molecule has 0 aromatic rings. The molecule has 0 spiro atoms. The normalized spacial score (nSPS) is 21.8. The van der Waals surface area contributed by atoms with Crippen molar-refractivity contribution in [3.63, 3.8) is 0 Å². The van der Waals surface area contributed by atoms with Gasteiger partial charge in [0.05, 0.1) is 13.2 Å². The summed E-state index contributed by atoms with van der Waals surface area (Å²) < 4.78 is 22.0. The number of aliphatic hydroxyl groups excluding tert-OH is 4. The van der Waals surface area contributed by atoms with Crippen LogP contribution >= 0.6 is 0 Å². The van der Waals surface area contributed by atoms with Crippen molar-refractivity contribution in [3.05, 3.63) is 85.1 Å². The third-order valence-electron chi connectivity index (χ3n) is 8.29. The Labute approximate surface area is 318 Å². The maximum atomic E-state index is 12.7. The monoisotopic (exact) mass is 744 g/mol. The molecule has 300 valence electrons. The third-order valence-corrected chi connectivity index (χ3v) is 8.29. The van der Waals surface area contributed by atoms with Gasteiger partial charge >= 0.3 is 11.9 Å². The van der Waals surface area contributed by atoms with Crippen LogP contribution in [0.1, 0.15) is 117 Å². The quantitative estimate of drug-likeness (QED) is 0.0332. The van der Waals surface area contributed by atoms with E-state index in [-0.39, 0.29) is 26.1 Å². The number of ether oxygens (including phenoxy) is 4. The van der Waals surface area contributed by atoms with E-state index < -0.39 is 55.4 Å². The first-order chi connectivity index (χ1) is 25.8. The Morgan fingerprint density at radius 3 is 1.66 bits per heavy atom. The van der Waals surface area contributed by atoms with Crippen LogP contribution in [0.25, 0.3) is 0 Å². The molecule has 6 unspecified atom stereocenters. The van der Waals surface area contributed by atoms with Gasteiger partial charge in [0, 0.05) is 12.8 Å². The minimum atomic E-state index is -1.61. The fourth-order valence-corrected chi connectivity index (χ4v) is 5.21. The van der Waals surface area contributed by atoms with Gasteiger partial charge in [-0.3, -0.25) is 9.59 Å². The van der Waals surface area contributed by atoms with Crippen LogP contribution in [0.2, 0.25) is 0 Å². The Kier molecular flexibility index (Phi) is 30.2. The van der Waals surface area contributed by atoms with E-state index in [9.17, 15) is 30.0 Å². The summed E-state index contributed by atoms with van der Waals surface area (Å²) in [6.07, 6.45) is 34.7. The molecule has 0 aromatic carbocycles. The number of hydrogen-bond acceptors (Lipinski definition) is 10. The predicted octanol–water partition coefficient (Wildman–Crippen LogP) is 7.43. The Bertz CT molecular complexity index is 1140. The van der Waals surface area contributed by atoms with Crippen molar-refractivity contribution in [1.29, 1.82) is 0 Å². The molecular weight excluding hydrogens is 676 g/mol. The van der Waals surface area contributed by atoms with Crippen LogP contribution in [-0.4, -0.2) is 89.0 Å². The SMILES string of the molecule is CCC=CCC=CCC=CCC=CCCC(=O)OC(COC(=O)CCCCCCCC=CCC=CCC=CCC)COC1OC(CO)C(O)C(O)C1O. The molecule has 1 rings (SSSR count). The number of rotatable bonds is 30. The van der Waals surface area contributed by atoms with Gasteiger partial charge in [-0.15, -0.1) is 0 Å². The first kappa shape index (κ1) is 47.9. The number of unbranched alkanes of at least 4 members (excludes halogenated alkanes) is 5. The zero-order valence-corrected chi connectivity index (χ0v) is 32.2. The Hall–Kier alpha value is -3.12. The van der Waals surface area contributed by atoms with E-state index in [1.807, 2.05) is 12.2 Å². The lowest BCUT2D eigenvalue weighted by molar-refractivity contribution is -0.305. The molecule has 0 bridgehead atoms. The molecule has 1 fully saturated rings. The summed E-state index contributed by atoms with van der Waals surface area (Å²) in [6, 6.07) is 0. The van der Waals surface area contributed by atoms with Crippen molar-refractivity contribution >= 4 is 11.9 Å². The van der Waals surface area contributed by atoms with Crippen molar-refractivity contribution in [2.24, 2.45) is 0 Å². The standard InChI is InChI=1S/C43H68O10/c1-3-5-7-9-11-13-15-17-18-20-21-23-25-27-29-31-38(45)50-34-36(35-51-43-42(49)41(48)40(47)37(33-44)53-43)52-39(46)32-30-28-26-24-22-19-16-14-12-10-8-6-4-2/h5-8,11-14,17-19,22,26,28,36-37,40-44,47-49H,3-4,9-10,15-16,20-21,23-25,27,29-35H2,1-2H3. The first-order valence-corrected chi connectivity index (χ1v) is 19.7. The van der Waals surface area contributed by atoms with Crippen molar-refractivity contribution in [3.8, 4) is 0 Å². The number of carbonyl (C=O) groups is 2. The second-order valence-electron chi connectivity index (χ2n) is 13.0. The second-order valence-corrected chi connectivity index (χ2v) is 13.0. The molecule has 1 aliphatic heterocycles. The van der Waals surface area contributed by atoms with Gasteiger partial charge in [-0.2, -0.15) is 0 Å². The summed E-state index contributed by atoms with van der Waals surface area (Å²) in [5.41, 5.74) is 0. The molecule has 10 nitrogen and oxygen atoms in total. The van der Waals surface area contributed by atoms with E-state index in [1.165, 1.54) is 0 Å². The highest BCUT2D eigenvalue weighted by Crippen LogP contribution is 2.22. The lowest BCUT2D eigenvalue weighted by Crippen LogP contribution is -2.59. The van der Waals surface area contributed by atoms with E-state index in [1.54, 1.807) is 0 Å². The number of allylic oxidation sites excluding steroid dienone is 14. The van der Waals surface area contributed by atoms with Gasteiger partial charge in [0.25, 0.3) is 0 Å². The zero-order valence-electron chi connectivity index (χ0n) is 32.2. The van der Waals surface area contributed by atoms with E-state index in [0.29, 0.717) is 12.8 Å². The maximum absolute atomic E-state index is 12.7. The van der Waals surface area contributed by atoms with Crippen molar-refractivity contribution in [2.75, 3.05) is 19.8 Å². The highest BCUT2D eigenvalue weighted by Gasteiger charge is 2.44. The molecule has 0 saturated carbocycles. The number of carbonyl (C=O) groups excluding carboxylic acids is 2. The average molecular weight is 745 g/mol. The van der Waals surface area contributed by atoms with Gasteiger partial charge in [-0.25, -0.2) is 0 Å². The Balaban J connectivity index is 2.45. The van der Waals surface area contributed by atoms with Crippen molar-refractivity contribution in [2.45, 2.75) is 153 Å². The smallest absolute Gasteiger partial charge is 0.306 e. The van der Waals surface area contributed by atoms with Crippen LogP contribution in [0.3, 0.4) is 0 Å². The van der Waals surface area contributed by atoms with Gasteiger partial charge in [-0.05, 0) is 70.6 Å². The first-order valence-electron chi connectivity index (χ1n) is 19.7. The molecular formula is C43H68O10. The van der Waals surface area contributed by atoms with Gasteiger partial charge in [-0.1, -0.05) is 118 Å². The van der Waals surface area contributed by atoms with E-state index in [2.05, 4.69) is 86.8 Å². The van der Waals surface area contributed by atoms with Crippen LogP contribution in [-0.2, 0) is 28.5 Å². The van der Waals surface area contributed by atoms with Gasteiger partial charge in [0.15, 0.2) is 12.4 Å². The van der Waals surface area contributed by atoms with Crippen LogP contribution in [0.4, 0.5) is 0 Å². The van der Waals surface area contributed by atoms with Crippen LogP contribution in [0.15, 0.2) is 85.1 Å². The molecule has 53 heavy (non-hydrogen) atoms. The van der Waals surface area contributed by atoms with Gasteiger partial charge < -0.3 is 39.4 Å². The lowest BCUT2D eigenvalue weighted by atomic mass is 9.99. The molecule has 10 heteroatoms. The molecule has 1 aliphatic rings. The molecule has 1 saturated heterocycles. The fraction of sp³-hybridized carbons (Fsp3) is 0.628. The molecule has 0 radical (unpaired) electrons. The Morgan fingerprint density at radius 1 is 0.585 bits per heavy atom. The summed E-state index contributed by atoms with van der Waals surface area (Å²) in [6.45, 7) is 3.06. The molecule has 0 amide bonds. The lowest BCUT2D eigenvalue weighted by Gasteiger charge is -2.39. The average Bonchev–Trinajstić information content (AvgIpc) is 3.15. The predicted molar refractivity (Wildman–Crippen MR) is 210 cm³/mol. The maximum Gasteiger partial charge on any atom is 0.306 e. The highest BCUT2D eigenvalue weighted by atomic mass is 16.7. The Morgan fingerprint density at radius 2 is 1.09 bits per heavy atom. The largest absolute Gasteiger partial charge is 0.462 e. The summed E-state index contributed by atoms with van der Waals surface area (Å²) in [5, 5.41) is 39.9. The van der Waals surface area contributed by atoms with E-state index in [4.69, 9.17) is 18.9 Å². The van der Waals surface area contributed by atoms with Crippen molar-refractivity contribution < 1.29 is 49.0 Å². The molecule has 0 aromatic heterocycles. The fourth-order valence-electron chi connectivity index (χ4n) is 5.21. The summed E-state index contributed by atoms with van der Waals surface area (Å²) in [7, 11) is 0. The highest BCUT2D eigenvalue weighted by molar-refractivity contribution is 5.70. The van der Waals surface area contributed by atoms with Crippen LogP contribution in [0.5, 0.6) is 0 Å². The van der Waals surface area contributed by atoms with Crippen LogP contribution in [0, 0.1) is 0 Å². The third kappa shape index (κ3) is 25.5. The zero-order chi connectivity index (χ0) is 38.8. The molecule has 4 N–H and O–H groups in total. The summed E-state index contributed by atoms with van der Waals surface area (Å²) in [5.74, 6) is -0.933. The molecule has 1 heterocycles. The van der Waals surface area contributed by atoms with E-state index >= 15 is 0 Å². The summed E-state index contributed by atoms with van der Waals surface area (Å²) >= 11 is 0. The number of aliphatic hydroxyl groups is 4. The topological polar surface area (TPSA) is 152 Å². The number of esters is 2. The van der Waals surface area contributed by atoms with E-state index in [0.717, 1.165) is 77.0 Å². The number of hydrogen-bond donors (Lipinski definition) is 4. The molecule has 0 aliphatic carbocycles. The van der Waals surface area contributed by atoms with Crippen LogP contribution < -0.4 is 0 Å². The minimum absolute atomic E-state index is 0.0997.